The summed E-state index contributed by atoms with van der Waals surface area (Å²) in [5, 5.41) is 7.70. The summed E-state index contributed by atoms with van der Waals surface area (Å²) in [4.78, 5) is 32.1. The minimum atomic E-state index is 0.0115. The Morgan fingerprint density at radius 2 is 1.60 bits per heavy atom. The van der Waals surface area contributed by atoms with Gasteiger partial charge in [-0.3, -0.25) is 9.59 Å². The predicted molar refractivity (Wildman–Crippen MR) is 98.2 cm³/mol. The molecule has 0 heterocycles. The SMILES string of the molecule is CCC(=O)/C(C)=N/OCCCCCCO/N=C/c1ccc(C=O)cc1. The fraction of sp³-hybridized carbons (Fsp3) is 0.474. The molecule has 0 fully saturated rings. The van der Waals surface area contributed by atoms with Gasteiger partial charge in [0.1, 0.15) is 25.2 Å². The molecule has 0 aliphatic heterocycles. The highest BCUT2D eigenvalue weighted by Gasteiger charge is 2.02. The monoisotopic (exact) mass is 346 g/mol. The number of hydrogen-bond donors (Lipinski definition) is 0. The Morgan fingerprint density at radius 1 is 1.00 bits per heavy atom. The zero-order chi connectivity index (χ0) is 18.3. The maximum Gasteiger partial charge on any atom is 0.179 e. The molecule has 0 aliphatic carbocycles. The predicted octanol–water partition coefficient (Wildman–Crippen LogP) is 3.78. The molecule has 136 valence electrons. The average molecular weight is 346 g/mol. The molecule has 0 spiro atoms. The smallest absolute Gasteiger partial charge is 0.179 e. The zero-order valence-corrected chi connectivity index (χ0v) is 14.9. The van der Waals surface area contributed by atoms with Gasteiger partial charge in [-0.15, -0.1) is 0 Å². The number of carbonyl (C=O) groups excluding carboxylic acids is 2. The molecule has 1 aromatic carbocycles. The molecule has 0 aromatic heterocycles. The molecule has 0 saturated carbocycles. The molecule has 0 radical (unpaired) electrons. The van der Waals surface area contributed by atoms with Crippen molar-refractivity contribution in [3.05, 3.63) is 35.4 Å². The topological polar surface area (TPSA) is 77.3 Å². The van der Waals surface area contributed by atoms with Crippen molar-refractivity contribution >= 4 is 24.0 Å². The lowest BCUT2D eigenvalue weighted by molar-refractivity contribution is -0.112. The van der Waals surface area contributed by atoms with E-state index in [-0.39, 0.29) is 5.78 Å². The van der Waals surface area contributed by atoms with Crippen molar-refractivity contribution in [3.63, 3.8) is 0 Å². The second-order valence-corrected chi connectivity index (χ2v) is 5.55. The van der Waals surface area contributed by atoms with Gasteiger partial charge < -0.3 is 9.68 Å². The summed E-state index contributed by atoms with van der Waals surface area (Å²) in [7, 11) is 0. The van der Waals surface area contributed by atoms with Crippen LogP contribution in [0.1, 0.15) is 61.9 Å². The van der Waals surface area contributed by atoms with E-state index in [1.165, 1.54) is 0 Å². The van der Waals surface area contributed by atoms with Crippen molar-refractivity contribution in [1.82, 2.24) is 0 Å². The van der Waals surface area contributed by atoms with E-state index in [9.17, 15) is 9.59 Å². The Morgan fingerprint density at radius 3 is 2.20 bits per heavy atom. The summed E-state index contributed by atoms with van der Waals surface area (Å²) < 4.78 is 0. The van der Waals surface area contributed by atoms with Crippen LogP contribution < -0.4 is 0 Å². The van der Waals surface area contributed by atoms with Crippen molar-refractivity contribution in [1.29, 1.82) is 0 Å². The fourth-order valence-corrected chi connectivity index (χ4v) is 1.95. The molecule has 6 heteroatoms. The molecule has 6 nitrogen and oxygen atoms in total. The Kier molecular flexibility index (Phi) is 10.6. The molecule has 0 unspecified atom stereocenters. The highest BCUT2D eigenvalue weighted by Crippen LogP contribution is 2.02. The lowest BCUT2D eigenvalue weighted by Crippen LogP contribution is -2.08. The van der Waals surface area contributed by atoms with Crippen LogP contribution in [0.25, 0.3) is 0 Å². The van der Waals surface area contributed by atoms with E-state index >= 15 is 0 Å². The standard InChI is InChI=1S/C19H26N2O4/c1-3-19(23)16(2)21-25-13-7-5-4-6-12-24-20-14-17-8-10-18(15-22)11-9-17/h8-11,14-15H,3-7,12-13H2,1-2H3/b20-14+,21-16+. The number of carbonyl (C=O) groups is 2. The van der Waals surface area contributed by atoms with Crippen LogP contribution in [0.3, 0.4) is 0 Å². The maximum atomic E-state index is 11.3. The summed E-state index contributed by atoms with van der Waals surface area (Å²) in [5.41, 5.74) is 1.95. The number of Topliss-reactive ketones (excluding diaryl/α,β-unsaturated/α-hetero) is 1. The average Bonchev–Trinajstić information content (AvgIpc) is 2.65. The van der Waals surface area contributed by atoms with Crippen LogP contribution in [-0.4, -0.2) is 37.2 Å². The number of rotatable bonds is 13. The van der Waals surface area contributed by atoms with Gasteiger partial charge in [-0.1, -0.05) is 41.5 Å². The van der Waals surface area contributed by atoms with Gasteiger partial charge in [0.05, 0.1) is 6.21 Å². The molecule has 0 N–H and O–H groups in total. The Labute approximate surface area is 148 Å². The molecule has 0 bridgehead atoms. The first-order valence-electron chi connectivity index (χ1n) is 8.57. The molecule has 1 rings (SSSR count). The normalized spacial score (nSPS) is 11.5. The lowest BCUT2D eigenvalue weighted by atomic mass is 10.2. The van der Waals surface area contributed by atoms with Crippen LogP contribution in [-0.2, 0) is 14.5 Å². The third-order valence-corrected chi connectivity index (χ3v) is 3.50. The third kappa shape index (κ3) is 9.39. The number of unbranched alkanes of at least 4 members (excludes halogenated alkanes) is 3. The second kappa shape index (κ2) is 12.9. The van der Waals surface area contributed by atoms with Gasteiger partial charge in [0.2, 0.25) is 0 Å². The molecule has 0 amide bonds. The van der Waals surface area contributed by atoms with Crippen molar-refractivity contribution in [2.75, 3.05) is 13.2 Å². The molecule has 25 heavy (non-hydrogen) atoms. The Balaban J connectivity index is 2.00. The van der Waals surface area contributed by atoms with E-state index in [0.29, 0.717) is 30.9 Å². The number of ketones is 1. The molecule has 0 saturated heterocycles. The minimum Gasteiger partial charge on any atom is -0.396 e. The van der Waals surface area contributed by atoms with Crippen LogP contribution in [0, 0.1) is 0 Å². The molecule has 1 aromatic rings. The summed E-state index contributed by atoms with van der Waals surface area (Å²) >= 11 is 0. The van der Waals surface area contributed by atoms with Crippen molar-refractivity contribution < 1.29 is 19.3 Å². The van der Waals surface area contributed by atoms with Gasteiger partial charge in [-0.05, 0) is 38.2 Å². The van der Waals surface area contributed by atoms with Gasteiger partial charge in [0.15, 0.2) is 5.78 Å². The molecule has 0 aliphatic rings. The van der Waals surface area contributed by atoms with E-state index in [0.717, 1.165) is 37.5 Å². The largest absolute Gasteiger partial charge is 0.396 e. The van der Waals surface area contributed by atoms with E-state index in [4.69, 9.17) is 9.68 Å². The second-order valence-electron chi connectivity index (χ2n) is 5.55. The van der Waals surface area contributed by atoms with E-state index in [1.807, 2.05) is 12.1 Å². The van der Waals surface area contributed by atoms with Crippen LogP contribution in [0.4, 0.5) is 0 Å². The van der Waals surface area contributed by atoms with E-state index in [2.05, 4.69) is 10.3 Å². The highest BCUT2D eigenvalue weighted by atomic mass is 16.6. The van der Waals surface area contributed by atoms with Gasteiger partial charge in [0.25, 0.3) is 0 Å². The van der Waals surface area contributed by atoms with Crippen molar-refractivity contribution in [2.24, 2.45) is 10.3 Å². The number of nitrogens with zero attached hydrogens (tertiary/aromatic N) is 2. The number of oxime groups is 2. The van der Waals surface area contributed by atoms with E-state index in [1.54, 1.807) is 32.2 Å². The summed E-state index contributed by atoms with van der Waals surface area (Å²) in [6, 6.07) is 7.10. The maximum absolute atomic E-state index is 11.3. The van der Waals surface area contributed by atoms with Crippen LogP contribution in [0.15, 0.2) is 34.6 Å². The lowest BCUT2D eigenvalue weighted by Gasteiger charge is -2.02. The first kappa shape index (κ1) is 20.5. The first-order chi connectivity index (χ1) is 12.2. The van der Waals surface area contributed by atoms with Gasteiger partial charge in [-0.2, -0.15) is 0 Å². The van der Waals surface area contributed by atoms with Crippen LogP contribution in [0.2, 0.25) is 0 Å². The number of hydrogen-bond acceptors (Lipinski definition) is 6. The van der Waals surface area contributed by atoms with Crippen LogP contribution in [0.5, 0.6) is 0 Å². The summed E-state index contributed by atoms with van der Waals surface area (Å²) in [6.07, 6.45) is 6.72. The van der Waals surface area contributed by atoms with Gasteiger partial charge in [0, 0.05) is 12.0 Å². The number of benzene rings is 1. The molecular weight excluding hydrogens is 320 g/mol. The fourth-order valence-electron chi connectivity index (χ4n) is 1.95. The van der Waals surface area contributed by atoms with Gasteiger partial charge >= 0.3 is 0 Å². The quantitative estimate of drug-likeness (QED) is 0.236. The van der Waals surface area contributed by atoms with Crippen LogP contribution >= 0.6 is 0 Å². The van der Waals surface area contributed by atoms with Crippen molar-refractivity contribution in [3.8, 4) is 0 Å². The Bertz CT molecular complexity index is 580. The minimum absolute atomic E-state index is 0.0115. The molecule has 0 atom stereocenters. The van der Waals surface area contributed by atoms with Crippen molar-refractivity contribution in [2.45, 2.75) is 46.0 Å². The highest BCUT2D eigenvalue weighted by molar-refractivity contribution is 6.38. The summed E-state index contributed by atoms with van der Waals surface area (Å²) in [5.74, 6) is 0.0115. The Hall–Kier alpha value is -2.50. The number of aldehydes is 1. The summed E-state index contributed by atoms with van der Waals surface area (Å²) in [6.45, 7) is 4.55. The first-order valence-corrected chi connectivity index (χ1v) is 8.57. The third-order valence-electron chi connectivity index (χ3n) is 3.50. The van der Waals surface area contributed by atoms with Gasteiger partial charge in [-0.25, -0.2) is 0 Å². The van der Waals surface area contributed by atoms with E-state index < -0.39 is 0 Å². The molecular formula is C19H26N2O4. The zero-order valence-electron chi connectivity index (χ0n) is 14.9.